The fourth-order valence-corrected chi connectivity index (χ4v) is 3.85. The second-order valence-electron chi connectivity index (χ2n) is 7.62. The van der Waals surface area contributed by atoms with Crippen LogP contribution in [0.4, 0.5) is 0 Å². The van der Waals surface area contributed by atoms with Gasteiger partial charge in [0.05, 0.1) is 6.04 Å². The molecule has 3 rings (SSSR count). The monoisotopic (exact) mass is 411 g/mol. The lowest BCUT2D eigenvalue weighted by Gasteiger charge is -2.26. The average molecular weight is 412 g/mol. The molecule has 1 amide bonds. The lowest BCUT2D eigenvalue weighted by atomic mass is 10.1. The Morgan fingerprint density at radius 3 is 2.67 bits per heavy atom. The van der Waals surface area contributed by atoms with Crippen LogP contribution < -0.4 is 16.0 Å². The number of benzene rings is 1. The summed E-state index contributed by atoms with van der Waals surface area (Å²) in [5.74, 6) is 2.65. The van der Waals surface area contributed by atoms with Crippen LogP contribution in [-0.2, 0) is 6.42 Å². The first kappa shape index (κ1) is 21.9. The minimum absolute atomic E-state index is 0.0663. The highest BCUT2D eigenvalue weighted by Crippen LogP contribution is 2.26. The van der Waals surface area contributed by atoms with Crippen molar-refractivity contribution in [1.29, 1.82) is 0 Å². The molecule has 1 aliphatic rings. The summed E-state index contributed by atoms with van der Waals surface area (Å²) in [5.41, 5.74) is 1.79. The number of amides is 1. The molecule has 2 aromatic rings. The van der Waals surface area contributed by atoms with Crippen molar-refractivity contribution in [3.8, 4) is 0 Å². The first-order valence-corrected chi connectivity index (χ1v) is 10.7. The van der Waals surface area contributed by atoms with Gasteiger partial charge in [-0.1, -0.05) is 12.1 Å². The van der Waals surface area contributed by atoms with E-state index >= 15 is 0 Å². The summed E-state index contributed by atoms with van der Waals surface area (Å²) in [7, 11) is 3.43. The number of aryl methyl sites for hydroxylation is 1. The van der Waals surface area contributed by atoms with E-state index in [1.165, 1.54) is 12.8 Å². The van der Waals surface area contributed by atoms with E-state index in [1.54, 1.807) is 14.1 Å². The van der Waals surface area contributed by atoms with Gasteiger partial charge in [0.2, 0.25) is 0 Å². The third kappa shape index (κ3) is 5.86. The van der Waals surface area contributed by atoms with Gasteiger partial charge in [-0.15, -0.1) is 0 Å². The summed E-state index contributed by atoms with van der Waals surface area (Å²) in [6, 6.07) is 12.0. The first-order valence-electron chi connectivity index (χ1n) is 10.7. The molecule has 0 aliphatic carbocycles. The molecular formula is C23H33N5O2. The first-order chi connectivity index (χ1) is 14.6. The number of likely N-dealkylation sites (tertiary alicyclic amines) is 1. The molecule has 1 saturated heterocycles. The van der Waals surface area contributed by atoms with Crippen LogP contribution in [0.5, 0.6) is 0 Å². The molecule has 0 spiro atoms. The van der Waals surface area contributed by atoms with Crippen LogP contribution in [0, 0.1) is 6.92 Å². The van der Waals surface area contributed by atoms with E-state index in [9.17, 15) is 4.79 Å². The molecule has 7 nitrogen and oxygen atoms in total. The maximum absolute atomic E-state index is 11.8. The summed E-state index contributed by atoms with van der Waals surface area (Å²) in [6.07, 6.45) is 3.27. The Morgan fingerprint density at radius 2 is 2.00 bits per heavy atom. The molecule has 0 bridgehead atoms. The molecular weight excluding hydrogens is 378 g/mol. The highest BCUT2D eigenvalue weighted by Gasteiger charge is 2.26. The van der Waals surface area contributed by atoms with Crippen molar-refractivity contribution in [2.75, 3.05) is 40.3 Å². The quantitative estimate of drug-likeness (QED) is 0.459. The maximum atomic E-state index is 11.8. The zero-order chi connectivity index (χ0) is 21.3. The van der Waals surface area contributed by atoms with Crippen molar-refractivity contribution in [3.05, 3.63) is 59.0 Å². The lowest BCUT2D eigenvalue weighted by Crippen LogP contribution is -2.43. The number of carbonyl (C=O) groups is 1. The molecule has 1 aromatic heterocycles. The largest absolute Gasteiger partial charge is 0.465 e. The number of rotatable bonds is 8. The SMILES string of the molecule is CN=C(NCCc1cccc(C(=O)NC)c1)NCC(c1ccc(C)o1)N1CCCC1. The Kier molecular flexibility index (Phi) is 7.90. The van der Waals surface area contributed by atoms with Gasteiger partial charge in [0.1, 0.15) is 11.5 Å². The normalized spacial score (nSPS) is 15.8. The van der Waals surface area contributed by atoms with Crippen LogP contribution in [0.2, 0.25) is 0 Å². The number of hydrogen-bond donors (Lipinski definition) is 3. The van der Waals surface area contributed by atoms with E-state index in [1.807, 2.05) is 37.3 Å². The van der Waals surface area contributed by atoms with Crippen LogP contribution in [-0.4, -0.2) is 57.0 Å². The smallest absolute Gasteiger partial charge is 0.251 e. The van der Waals surface area contributed by atoms with Gasteiger partial charge in [0, 0.05) is 32.7 Å². The van der Waals surface area contributed by atoms with E-state index in [0.29, 0.717) is 5.56 Å². The zero-order valence-electron chi connectivity index (χ0n) is 18.2. The van der Waals surface area contributed by atoms with Crippen molar-refractivity contribution in [2.24, 2.45) is 4.99 Å². The number of guanidine groups is 1. The molecule has 0 saturated carbocycles. The molecule has 1 fully saturated rings. The Bertz CT molecular complexity index is 855. The van der Waals surface area contributed by atoms with Crippen molar-refractivity contribution in [2.45, 2.75) is 32.2 Å². The van der Waals surface area contributed by atoms with Gasteiger partial charge in [-0.2, -0.15) is 0 Å². The molecule has 162 valence electrons. The highest BCUT2D eigenvalue weighted by atomic mass is 16.3. The standard InChI is InChI=1S/C23H33N5O2/c1-17-9-10-21(30-17)20(28-13-4-5-14-28)16-27-23(25-3)26-12-11-18-7-6-8-19(15-18)22(29)24-2/h6-10,15,20H,4-5,11-14,16H2,1-3H3,(H,24,29)(H2,25,26,27). The van der Waals surface area contributed by atoms with Crippen LogP contribution in [0.25, 0.3) is 0 Å². The summed E-state index contributed by atoms with van der Waals surface area (Å²) in [4.78, 5) is 18.6. The maximum Gasteiger partial charge on any atom is 0.251 e. The van der Waals surface area contributed by atoms with E-state index in [4.69, 9.17) is 4.42 Å². The average Bonchev–Trinajstić information content (AvgIpc) is 3.44. The number of carbonyl (C=O) groups excluding carboxylic acids is 1. The Labute approximate surface area is 178 Å². The van der Waals surface area contributed by atoms with E-state index < -0.39 is 0 Å². The molecule has 7 heteroatoms. The third-order valence-corrected chi connectivity index (χ3v) is 5.48. The summed E-state index contributed by atoms with van der Waals surface area (Å²) in [6.45, 7) is 5.64. The van der Waals surface area contributed by atoms with E-state index in [2.05, 4.69) is 31.9 Å². The van der Waals surface area contributed by atoms with Crippen molar-refractivity contribution < 1.29 is 9.21 Å². The number of nitrogens with one attached hydrogen (secondary N) is 3. The predicted molar refractivity (Wildman–Crippen MR) is 120 cm³/mol. The minimum atomic E-state index is -0.0663. The van der Waals surface area contributed by atoms with Crippen LogP contribution >= 0.6 is 0 Å². The summed E-state index contributed by atoms with van der Waals surface area (Å²) < 4.78 is 5.93. The van der Waals surface area contributed by atoms with Crippen molar-refractivity contribution >= 4 is 11.9 Å². The lowest BCUT2D eigenvalue weighted by molar-refractivity contribution is 0.0963. The molecule has 2 heterocycles. The second-order valence-corrected chi connectivity index (χ2v) is 7.62. The third-order valence-electron chi connectivity index (χ3n) is 5.48. The number of nitrogens with zero attached hydrogens (tertiary/aromatic N) is 2. The Hall–Kier alpha value is -2.80. The number of hydrogen-bond acceptors (Lipinski definition) is 4. The van der Waals surface area contributed by atoms with Gasteiger partial charge in [0.25, 0.3) is 5.91 Å². The fraction of sp³-hybridized carbons (Fsp3) is 0.478. The molecule has 1 aromatic carbocycles. The molecule has 0 radical (unpaired) electrons. The highest BCUT2D eigenvalue weighted by molar-refractivity contribution is 5.94. The minimum Gasteiger partial charge on any atom is -0.465 e. The van der Waals surface area contributed by atoms with Gasteiger partial charge >= 0.3 is 0 Å². The number of aliphatic imine (C=N–C) groups is 1. The van der Waals surface area contributed by atoms with E-state index in [-0.39, 0.29) is 11.9 Å². The van der Waals surface area contributed by atoms with E-state index in [0.717, 1.165) is 55.6 Å². The van der Waals surface area contributed by atoms with Gasteiger partial charge in [-0.3, -0.25) is 14.7 Å². The second kappa shape index (κ2) is 10.8. The van der Waals surface area contributed by atoms with Gasteiger partial charge < -0.3 is 20.4 Å². The fourth-order valence-electron chi connectivity index (χ4n) is 3.85. The van der Waals surface area contributed by atoms with Gasteiger partial charge in [-0.05, 0) is 69.1 Å². The van der Waals surface area contributed by atoms with Crippen LogP contribution in [0.3, 0.4) is 0 Å². The summed E-state index contributed by atoms with van der Waals surface area (Å²) >= 11 is 0. The van der Waals surface area contributed by atoms with Crippen LogP contribution in [0.15, 0.2) is 45.8 Å². The molecule has 30 heavy (non-hydrogen) atoms. The van der Waals surface area contributed by atoms with Gasteiger partial charge in [-0.25, -0.2) is 0 Å². The topological polar surface area (TPSA) is 81.9 Å². The Morgan fingerprint density at radius 1 is 1.20 bits per heavy atom. The zero-order valence-corrected chi connectivity index (χ0v) is 18.2. The molecule has 1 atom stereocenters. The molecule has 3 N–H and O–H groups in total. The van der Waals surface area contributed by atoms with Gasteiger partial charge in [0.15, 0.2) is 5.96 Å². The molecule has 1 unspecified atom stereocenters. The van der Waals surface area contributed by atoms with Crippen molar-refractivity contribution in [1.82, 2.24) is 20.9 Å². The molecule has 1 aliphatic heterocycles. The Balaban J connectivity index is 1.53. The predicted octanol–water partition coefficient (Wildman–Crippen LogP) is 2.49. The van der Waals surface area contributed by atoms with Crippen LogP contribution in [0.1, 0.15) is 46.3 Å². The summed E-state index contributed by atoms with van der Waals surface area (Å²) in [5, 5.41) is 9.49. The van der Waals surface area contributed by atoms with Crippen molar-refractivity contribution in [3.63, 3.8) is 0 Å². The number of furan rings is 1.